The Bertz CT molecular complexity index is 958. The lowest BCUT2D eigenvalue weighted by molar-refractivity contribution is -0.122. The van der Waals surface area contributed by atoms with E-state index >= 15 is 0 Å². The lowest BCUT2D eigenvalue weighted by Crippen LogP contribution is -2.33. The van der Waals surface area contributed by atoms with E-state index in [1.165, 1.54) is 13.1 Å². The highest BCUT2D eigenvalue weighted by Crippen LogP contribution is 2.22. The maximum absolute atomic E-state index is 12.6. The Hall–Kier alpha value is -3.07. The average molecular weight is 405 g/mol. The summed E-state index contributed by atoms with van der Waals surface area (Å²) in [6.07, 6.45) is 0.688. The fourth-order valence-electron chi connectivity index (χ4n) is 2.43. The molecule has 150 valence electrons. The molecule has 0 aromatic heterocycles. The quantitative estimate of drug-likeness (QED) is 0.696. The normalized spacial score (nSPS) is 12.1. The number of nitrogens with zero attached hydrogens (tertiary/aromatic N) is 1. The molecule has 0 aliphatic carbocycles. The maximum Gasteiger partial charge on any atom is 0.265 e. The Kier molecular flexibility index (Phi) is 6.63. The minimum atomic E-state index is -3.36. The van der Waals surface area contributed by atoms with Crippen LogP contribution in [-0.2, 0) is 14.8 Å². The van der Waals surface area contributed by atoms with E-state index in [1.54, 1.807) is 49.4 Å². The number of benzene rings is 2. The summed E-state index contributed by atoms with van der Waals surface area (Å²) in [5, 5.41) is 2.66. The van der Waals surface area contributed by atoms with Gasteiger partial charge in [0.1, 0.15) is 5.75 Å². The van der Waals surface area contributed by atoms with Gasteiger partial charge in [-0.05, 0) is 42.8 Å². The van der Waals surface area contributed by atoms with Crippen molar-refractivity contribution >= 4 is 33.2 Å². The van der Waals surface area contributed by atoms with Crippen molar-refractivity contribution in [2.45, 2.75) is 19.4 Å². The van der Waals surface area contributed by atoms with E-state index in [4.69, 9.17) is 10.5 Å². The van der Waals surface area contributed by atoms with E-state index in [0.717, 1.165) is 10.6 Å². The number of rotatable bonds is 8. The Morgan fingerprint density at radius 1 is 1.14 bits per heavy atom. The maximum atomic E-state index is 12.6. The third kappa shape index (κ3) is 5.23. The Morgan fingerprint density at radius 3 is 2.29 bits per heavy atom. The summed E-state index contributed by atoms with van der Waals surface area (Å²) < 4.78 is 30.0. The van der Waals surface area contributed by atoms with Crippen molar-refractivity contribution in [1.82, 2.24) is 0 Å². The summed E-state index contributed by atoms with van der Waals surface area (Å²) in [7, 11) is -1.92. The van der Waals surface area contributed by atoms with Gasteiger partial charge in [0.25, 0.3) is 11.8 Å². The van der Waals surface area contributed by atoms with Crippen molar-refractivity contribution in [1.29, 1.82) is 0 Å². The molecule has 3 N–H and O–H groups in total. The van der Waals surface area contributed by atoms with E-state index in [9.17, 15) is 18.0 Å². The van der Waals surface area contributed by atoms with Gasteiger partial charge in [0, 0.05) is 7.05 Å². The second-order valence-electron chi connectivity index (χ2n) is 6.14. The molecule has 28 heavy (non-hydrogen) atoms. The molecule has 9 heteroatoms. The number of amides is 2. The van der Waals surface area contributed by atoms with Gasteiger partial charge in [-0.2, -0.15) is 0 Å². The number of para-hydroxylation sites is 1. The van der Waals surface area contributed by atoms with Gasteiger partial charge >= 0.3 is 0 Å². The zero-order valence-corrected chi connectivity index (χ0v) is 16.7. The standard InChI is InChI=1S/C19H23N3O5S/c1-4-17(19(24)21-16-8-6-5-7-15(16)18(20)23)27-14-11-9-13(10-12-14)22(2)28(3,25)26/h5-12,17H,4H2,1-3H3,(H2,20,23)(H,21,24)/t17-/m1/s1. The van der Waals surface area contributed by atoms with Crippen LogP contribution in [-0.4, -0.2) is 39.6 Å². The third-order valence-corrected chi connectivity index (χ3v) is 5.30. The van der Waals surface area contributed by atoms with Gasteiger partial charge < -0.3 is 15.8 Å². The van der Waals surface area contributed by atoms with Crippen LogP contribution in [0.4, 0.5) is 11.4 Å². The number of anilines is 2. The minimum Gasteiger partial charge on any atom is -0.481 e. The molecule has 0 aliphatic rings. The van der Waals surface area contributed by atoms with Crippen LogP contribution in [0.3, 0.4) is 0 Å². The number of nitrogens with two attached hydrogens (primary N) is 1. The van der Waals surface area contributed by atoms with E-state index in [2.05, 4.69) is 5.32 Å². The Labute approximate surface area is 164 Å². The molecule has 0 saturated heterocycles. The van der Waals surface area contributed by atoms with Gasteiger partial charge in [-0.25, -0.2) is 8.42 Å². The van der Waals surface area contributed by atoms with E-state index in [0.29, 0.717) is 23.5 Å². The van der Waals surface area contributed by atoms with Crippen LogP contribution >= 0.6 is 0 Å². The number of hydrogen-bond donors (Lipinski definition) is 2. The molecule has 2 aromatic rings. The van der Waals surface area contributed by atoms with Crippen molar-refractivity contribution in [3.8, 4) is 5.75 Å². The molecule has 0 fully saturated rings. The SMILES string of the molecule is CC[C@@H](Oc1ccc(N(C)S(C)(=O)=O)cc1)C(=O)Nc1ccccc1C(N)=O. The first kappa shape index (κ1) is 21.2. The third-order valence-electron chi connectivity index (χ3n) is 4.09. The Morgan fingerprint density at radius 2 is 1.75 bits per heavy atom. The lowest BCUT2D eigenvalue weighted by atomic mass is 10.1. The molecule has 0 unspecified atom stereocenters. The molecule has 2 amide bonds. The van der Waals surface area contributed by atoms with Gasteiger partial charge in [0.05, 0.1) is 23.2 Å². The van der Waals surface area contributed by atoms with Gasteiger partial charge in [-0.3, -0.25) is 13.9 Å². The molecule has 0 radical (unpaired) electrons. The molecule has 2 aromatic carbocycles. The largest absolute Gasteiger partial charge is 0.481 e. The van der Waals surface area contributed by atoms with Crippen molar-refractivity contribution in [3.05, 3.63) is 54.1 Å². The van der Waals surface area contributed by atoms with Gasteiger partial charge in [-0.1, -0.05) is 19.1 Å². The molecular weight excluding hydrogens is 382 g/mol. The fraction of sp³-hybridized carbons (Fsp3) is 0.263. The van der Waals surface area contributed by atoms with Crippen LogP contribution in [0.5, 0.6) is 5.75 Å². The number of carbonyl (C=O) groups excluding carboxylic acids is 2. The number of sulfonamides is 1. The lowest BCUT2D eigenvalue weighted by Gasteiger charge is -2.20. The fourth-order valence-corrected chi connectivity index (χ4v) is 2.94. The summed E-state index contributed by atoms with van der Waals surface area (Å²) in [4.78, 5) is 24.0. The van der Waals surface area contributed by atoms with E-state index in [1.807, 2.05) is 0 Å². The number of hydrogen-bond acceptors (Lipinski definition) is 5. The summed E-state index contributed by atoms with van der Waals surface area (Å²) in [6.45, 7) is 1.79. The average Bonchev–Trinajstić information content (AvgIpc) is 2.65. The predicted octanol–water partition coefficient (Wildman–Crippen LogP) is 1.98. The minimum absolute atomic E-state index is 0.207. The first-order chi connectivity index (χ1) is 13.1. The smallest absolute Gasteiger partial charge is 0.265 e. The molecule has 0 bridgehead atoms. The molecule has 8 nitrogen and oxygen atoms in total. The zero-order valence-electron chi connectivity index (χ0n) is 15.9. The predicted molar refractivity (Wildman–Crippen MR) is 108 cm³/mol. The zero-order chi connectivity index (χ0) is 20.9. The molecule has 0 heterocycles. The summed E-state index contributed by atoms with van der Waals surface area (Å²) in [6, 6.07) is 12.8. The van der Waals surface area contributed by atoms with Crippen molar-refractivity contribution in [3.63, 3.8) is 0 Å². The number of carbonyl (C=O) groups is 2. The van der Waals surface area contributed by atoms with E-state index in [-0.39, 0.29) is 5.56 Å². The van der Waals surface area contributed by atoms with Crippen LogP contribution in [0, 0.1) is 0 Å². The number of ether oxygens (including phenoxy) is 1. The van der Waals surface area contributed by atoms with Gasteiger partial charge in [0.15, 0.2) is 6.10 Å². The molecule has 0 spiro atoms. The first-order valence-electron chi connectivity index (χ1n) is 8.53. The summed E-state index contributed by atoms with van der Waals surface area (Å²) in [5.74, 6) is -0.653. The Balaban J connectivity index is 2.12. The highest BCUT2D eigenvalue weighted by molar-refractivity contribution is 7.92. The number of primary amides is 1. The van der Waals surface area contributed by atoms with Crippen LogP contribution in [0.2, 0.25) is 0 Å². The monoisotopic (exact) mass is 405 g/mol. The molecule has 0 saturated carbocycles. The van der Waals surface area contributed by atoms with Crippen LogP contribution in [0.15, 0.2) is 48.5 Å². The second kappa shape index (κ2) is 8.75. The summed E-state index contributed by atoms with van der Waals surface area (Å²) in [5.41, 5.74) is 6.32. The molecular formula is C19H23N3O5S. The van der Waals surface area contributed by atoms with Gasteiger partial charge in [0.2, 0.25) is 10.0 Å². The van der Waals surface area contributed by atoms with Crippen LogP contribution < -0.4 is 20.1 Å². The highest BCUT2D eigenvalue weighted by atomic mass is 32.2. The van der Waals surface area contributed by atoms with Crippen molar-refractivity contribution in [2.24, 2.45) is 5.73 Å². The molecule has 2 rings (SSSR count). The molecule has 1 atom stereocenters. The van der Waals surface area contributed by atoms with Crippen LogP contribution in [0.25, 0.3) is 0 Å². The van der Waals surface area contributed by atoms with Crippen LogP contribution in [0.1, 0.15) is 23.7 Å². The first-order valence-corrected chi connectivity index (χ1v) is 10.4. The summed E-state index contributed by atoms with van der Waals surface area (Å²) >= 11 is 0. The second-order valence-corrected chi connectivity index (χ2v) is 8.15. The van der Waals surface area contributed by atoms with E-state index < -0.39 is 27.9 Å². The van der Waals surface area contributed by atoms with Gasteiger partial charge in [-0.15, -0.1) is 0 Å². The van der Waals surface area contributed by atoms with Crippen molar-refractivity contribution in [2.75, 3.05) is 22.9 Å². The highest BCUT2D eigenvalue weighted by Gasteiger charge is 2.21. The molecule has 0 aliphatic heterocycles. The van der Waals surface area contributed by atoms with Crippen molar-refractivity contribution < 1.29 is 22.7 Å². The number of nitrogens with one attached hydrogen (secondary N) is 1. The topological polar surface area (TPSA) is 119 Å².